The summed E-state index contributed by atoms with van der Waals surface area (Å²) >= 11 is 0. The highest BCUT2D eigenvalue weighted by molar-refractivity contribution is 5.01. The van der Waals surface area contributed by atoms with Gasteiger partial charge in [-0.3, -0.25) is 0 Å². The molecule has 3 unspecified atom stereocenters. The molecule has 3 atom stereocenters. The zero-order valence-electron chi connectivity index (χ0n) is 11.2. The van der Waals surface area contributed by atoms with Gasteiger partial charge in [0.2, 0.25) is 0 Å². The standard InChI is InChI=1S/C12H20O2.C3H6/c1-3-14-12-6-4-5-10(8-12)7-11(2,13)9-12;1-3-2/h3,10,13H,1,4-9H2,2H3;3H,1H2,2H3. The molecule has 2 aliphatic carbocycles. The first kappa shape index (κ1) is 14.3. The highest BCUT2D eigenvalue weighted by Crippen LogP contribution is 2.48. The van der Waals surface area contributed by atoms with E-state index in [4.69, 9.17) is 4.74 Å². The lowest BCUT2D eigenvalue weighted by molar-refractivity contribution is -0.135. The van der Waals surface area contributed by atoms with Crippen molar-refractivity contribution in [2.75, 3.05) is 0 Å². The van der Waals surface area contributed by atoms with Gasteiger partial charge in [0.1, 0.15) is 5.60 Å². The van der Waals surface area contributed by atoms with Crippen LogP contribution in [0.1, 0.15) is 52.4 Å². The third-order valence-electron chi connectivity index (χ3n) is 3.67. The fourth-order valence-corrected chi connectivity index (χ4v) is 3.49. The van der Waals surface area contributed by atoms with Crippen LogP contribution in [-0.4, -0.2) is 16.3 Å². The first-order valence-electron chi connectivity index (χ1n) is 6.55. The monoisotopic (exact) mass is 238 g/mol. The largest absolute Gasteiger partial charge is 0.495 e. The molecule has 0 spiro atoms. The van der Waals surface area contributed by atoms with E-state index in [9.17, 15) is 5.11 Å². The van der Waals surface area contributed by atoms with Crippen molar-refractivity contribution in [3.8, 4) is 0 Å². The van der Waals surface area contributed by atoms with Gasteiger partial charge in [-0.25, -0.2) is 0 Å². The minimum atomic E-state index is -0.535. The van der Waals surface area contributed by atoms with Crippen molar-refractivity contribution in [2.45, 2.75) is 63.6 Å². The number of aliphatic hydroxyl groups is 1. The van der Waals surface area contributed by atoms with Gasteiger partial charge >= 0.3 is 0 Å². The summed E-state index contributed by atoms with van der Waals surface area (Å²) in [7, 11) is 0. The van der Waals surface area contributed by atoms with Gasteiger partial charge in [0.05, 0.1) is 11.9 Å². The summed E-state index contributed by atoms with van der Waals surface area (Å²) < 4.78 is 5.68. The molecule has 2 rings (SSSR count). The van der Waals surface area contributed by atoms with E-state index in [0.717, 1.165) is 25.7 Å². The first-order chi connectivity index (χ1) is 7.97. The van der Waals surface area contributed by atoms with Crippen LogP contribution < -0.4 is 0 Å². The molecular formula is C15H26O2. The van der Waals surface area contributed by atoms with E-state index < -0.39 is 5.60 Å². The fourth-order valence-electron chi connectivity index (χ4n) is 3.49. The van der Waals surface area contributed by atoms with Gasteiger partial charge in [0.15, 0.2) is 0 Å². The normalized spacial score (nSPS) is 39.6. The lowest BCUT2D eigenvalue weighted by Crippen LogP contribution is -2.50. The zero-order valence-corrected chi connectivity index (χ0v) is 11.2. The highest BCUT2D eigenvalue weighted by Gasteiger charge is 2.48. The number of hydrogen-bond acceptors (Lipinski definition) is 2. The van der Waals surface area contributed by atoms with E-state index in [1.165, 1.54) is 12.8 Å². The number of hydrogen-bond donors (Lipinski definition) is 1. The molecule has 17 heavy (non-hydrogen) atoms. The van der Waals surface area contributed by atoms with Crippen LogP contribution in [-0.2, 0) is 4.74 Å². The Labute approximate surface area is 105 Å². The van der Waals surface area contributed by atoms with Crippen LogP contribution >= 0.6 is 0 Å². The van der Waals surface area contributed by atoms with Crippen LogP contribution in [0, 0.1) is 5.92 Å². The summed E-state index contributed by atoms with van der Waals surface area (Å²) in [5.74, 6) is 0.646. The van der Waals surface area contributed by atoms with E-state index in [-0.39, 0.29) is 5.60 Å². The van der Waals surface area contributed by atoms with Crippen molar-refractivity contribution >= 4 is 0 Å². The second-order valence-electron chi connectivity index (χ2n) is 5.72. The molecule has 2 nitrogen and oxygen atoms in total. The molecular weight excluding hydrogens is 212 g/mol. The van der Waals surface area contributed by atoms with Gasteiger partial charge in [-0.15, -0.1) is 6.58 Å². The molecule has 2 saturated carbocycles. The van der Waals surface area contributed by atoms with E-state index in [2.05, 4.69) is 13.2 Å². The molecule has 2 bridgehead atoms. The lowest BCUT2D eigenvalue weighted by atomic mass is 9.64. The third kappa shape index (κ3) is 3.88. The molecule has 0 saturated heterocycles. The van der Waals surface area contributed by atoms with Crippen LogP contribution in [0.4, 0.5) is 0 Å². The maximum absolute atomic E-state index is 10.2. The molecule has 98 valence electrons. The number of allylic oxidation sites excluding steroid dienone is 1. The molecule has 2 aliphatic rings. The van der Waals surface area contributed by atoms with E-state index in [1.807, 2.05) is 13.8 Å². The van der Waals surface area contributed by atoms with Crippen LogP contribution in [0.5, 0.6) is 0 Å². The van der Waals surface area contributed by atoms with Crippen molar-refractivity contribution in [3.05, 3.63) is 25.5 Å². The molecule has 1 N–H and O–H groups in total. The van der Waals surface area contributed by atoms with Crippen LogP contribution in [0.2, 0.25) is 0 Å². The SMILES string of the molecule is C=CC.C=COC12CCCC(CC(C)(O)C1)C2. The van der Waals surface area contributed by atoms with Gasteiger partial charge < -0.3 is 9.84 Å². The fraction of sp³-hybridized carbons (Fsp3) is 0.733. The second-order valence-corrected chi connectivity index (χ2v) is 5.72. The van der Waals surface area contributed by atoms with E-state index in [1.54, 1.807) is 12.3 Å². The summed E-state index contributed by atoms with van der Waals surface area (Å²) in [4.78, 5) is 0. The molecule has 0 heterocycles. The van der Waals surface area contributed by atoms with Crippen LogP contribution in [0.15, 0.2) is 25.5 Å². The Bertz CT molecular complexity index is 270. The van der Waals surface area contributed by atoms with Crippen LogP contribution in [0.3, 0.4) is 0 Å². The summed E-state index contributed by atoms with van der Waals surface area (Å²) in [5.41, 5.74) is -0.640. The third-order valence-corrected chi connectivity index (χ3v) is 3.67. The van der Waals surface area contributed by atoms with Gasteiger partial charge in [0.25, 0.3) is 0 Å². The molecule has 0 aliphatic heterocycles. The second kappa shape index (κ2) is 5.72. The van der Waals surface area contributed by atoms with Gasteiger partial charge in [-0.05, 0) is 45.4 Å². The van der Waals surface area contributed by atoms with Crippen LogP contribution in [0.25, 0.3) is 0 Å². The predicted molar refractivity (Wildman–Crippen MR) is 71.7 cm³/mol. The maximum atomic E-state index is 10.2. The maximum Gasteiger partial charge on any atom is 0.111 e. The summed E-state index contributed by atoms with van der Waals surface area (Å²) in [6, 6.07) is 0. The topological polar surface area (TPSA) is 29.5 Å². The Morgan fingerprint density at radius 3 is 2.59 bits per heavy atom. The molecule has 0 radical (unpaired) electrons. The Balaban J connectivity index is 0.000000437. The van der Waals surface area contributed by atoms with E-state index >= 15 is 0 Å². The van der Waals surface area contributed by atoms with Crippen molar-refractivity contribution < 1.29 is 9.84 Å². The molecule has 0 aromatic heterocycles. The summed E-state index contributed by atoms with van der Waals surface area (Å²) in [6.45, 7) is 10.8. The Morgan fingerprint density at radius 2 is 2.00 bits per heavy atom. The van der Waals surface area contributed by atoms with Gasteiger partial charge in [-0.1, -0.05) is 19.1 Å². The minimum Gasteiger partial charge on any atom is -0.495 e. The average molecular weight is 238 g/mol. The first-order valence-corrected chi connectivity index (χ1v) is 6.55. The number of ether oxygens (including phenoxy) is 1. The molecule has 0 aromatic carbocycles. The highest BCUT2D eigenvalue weighted by atomic mass is 16.5. The van der Waals surface area contributed by atoms with Gasteiger partial charge in [-0.2, -0.15) is 0 Å². The van der Waals surface area contributed by atoms with Crippen molar-refractivity contribution in [1.82, 2.24) is 0 Å². The smallest absolute Gasteiger partial charge is 0.111 e. The molecule has 0 amide bonds. The number of rotatable bonds is 2. The quantitative estimate of drug-likeness (QED) is 0.585. The van der Waals surface area contributed by atoms with Crippen molar-refractivity contribution in [1.29, 1.82) is 0 Å². The number of fused-ring (bicyclic) bond motifs is 2. The Hall–Kier alpha value is -0.760. The Kier molecular flexibility index (Phi) is 4.81. The molecule has 0 aromatic rings. The molecule has 2 fully saturated rings. The summed E-state index contributed by atoms with van der Waals surface area (Å²) in [6.07, 6.45) is 9.66. The minimum absolute atomic E-state index is 0.105. The van der Waals surface area contributed by atoms with Crippen molar-refractivity contribution in [3.63, 3.8) is 0 Å². The lowest BCUT2D eigenvalue weighted by Gasteiger charge is -2.49. The zero-order chi connectivity index (χ0) is 12.9. The van der Waals surface area contributed by atoms with E-state index in [0.29, 0.717) is 5.92 Å². The van der Waals surface area contributed by atoms with Crippen molar-refractivity contribution in [2.24, 2.45) is 5.92 Å². The molecule has 2 heteroatoms. The predicted octanol–water partition coefficient (Wildman–Crippen LogP) is 3.81. The average Bonchev–Trinajstić information content (AvgIpc) is 2.15. The Morgan fingerprint density at radius 1 is 1.35 bits per heavy atom. The van der Waals surface area contributed by atoms with Gasteiger partial charge in [0, 0.05) is 6.42 Å². The summed E-state index contributed by atoms with van der Waals surface area (Å²) in [5, 5.41) is 10.2.